The Labute approximate surface area is 175 Å². The first-order valence-corrected chi connectivity index (χ1v) is 9.38. The largest absolute Gasteiger partial charge is 0.460 e. The highest BCUT2D eigenvalue weighted by Crippen LogP contribution is 2.30. The smallest absolute Gasteiger partial charge is 0.336 e. The first-order valence-electron chi connectivity index (χ1n) is 8.09. The van der Waals surface area contributed by atoms with Crippen LogP contribution in [0.1, 0.15) is 0 Å². The number of aromatic nitrogens is 3. The number of hydrogen-bond acceptors (Lipinski definition) is 4. The molecule has 0 unspecified atom stereocenters. The van der Waals surface area contributed by atoms with Gasteiger partial charge in [-0.15, -0.1) is 16.7 Å². The molecule has 0 radical (unpaired) electrons. The van der Waals surface area contributed by atoms with Crippen LogP contribution < -0.4 is 10.1 Å². The molecule has 0 atom stereocenters. The number of amides is 1. The van der Waals surface area contributed by atoms with Crippen LogP contribution in [0, 0.1) is 0 Å². The van der Waals surface area contributed by atoms with Crippen molar-refractivity contribution in [1.29, 1.82) is 0 Å². The summed E-state index contributed by atoms with van der Waals surface area (Å²) in [5.41, 5.74) is 1.88. The Morgan fingerprint density at radius 3 is 2.54 bits per heavy atom. The first kappa shape index (κ1) is 20.4. The van der Waals surface area contributed by atoms with Crippen LogP contribution in [0.2, 0.25) is 10.0 Å². The summed E-state index contributed by atoms with van der Waals surface area (Å²) in [6.45, 7) is -0.820. The van der Waals surface area contributed by atoms with Gasteiger partial charge < -0.3 is 10.1 Å². The van der Waals surface area contributed by atoms with Crippen LogP contribution in [0.15, 0.2) is 42.5 Å². The van der Waals surface area contributed by atoms with Crippen LogP contribution in [0.25, 0.3) is 17.1 Å². The molecule has 6 nitrogen and oxygen atoms in total. The number of carbonyl (C=O) groups is 1. The summed E-state index contributed by atoms with van der Waals surface area (Å²) < 4.78 is 19.2. The first-order chi connectivity index (χ1) is 13.5. The van der Waals surface area contributed by atoms with Crippen molar-refractivity contribution in [2.24, 2.45) is 0 Å². The van der Waals surface area contributed by atoms with Crippen molar-refractivity contribution in [2.75, 3.05) is 24.5 Å². The van der Waals surface area contributed by atoms with Crippen LogP contribution in [-0.2, 0) is 4.79 Å². The van der Waals surface area contributed by atoms with Gasteiger partial charge >= 0.3 is 6.01 Å². The van der Waals surface area contributed by atoms with Gasteiger partial charge in [0.15, 0.2) is 5.82 Å². The molecule has 1 aromatic heterocycles. The number of benzene rings is 2. The highest BCUT2D eigenvalue weighted by molar-refractivity contribution is 6.42. The third kappa shape index (κ3) is 4.73. The van der Waals surface area contributed by atoms with Crippen molar-refractivity contribution in [3.8, 4) is 23.1 Å². The molecule has 0 saturated carbocycles. The summed E-state index contributed by atoms with van der Waals surface area (Å²) in [5.74, 6) is -0.0137. The second-order valence-corrected chi connectivity index (χ2v) is 6.61. The van der Waals surface area contributed by atoms with Crippen molar-refractivity contribution in [2.45, 2.75) is 0 Å². The second-order valence-electron chi connectivity index (χ2n) is 5.52. The molecule has 10 heteroatoms. The van der Waals surface area contributed by atoms with E-state index in [9.17, 15) is 9.18 Å². The lowest BCUT2D eigenvalue weighted by Crippen LogP contribution is -2.12. The molecule has 0 aliphatic heterocycles. The normalized spacial score (nSPS) is 10.7. The van der Waals surface area contributed by atoms with Crippen LogP contribution in [-0.4, -0.2) is 39.8 Å². The molecule has 1 N–H and O–H groups in total. The van der Waals surface area contributed by atoms with Crippen LogP contribution >= 0.6 is 34.8 Å². The zero-order valence-corrected chi connectivity index (χ0v) is 16.6. The fourth-order valence-corrected chi connectivity index (χ4v) is 2.73. The number of halogens is 4. The number of anilines is 1. The third-order valence-corrected chi connectivity index (χ3v) is 4.57. The summed E-state index contributed by atoms with van der Waals surface area (Å²) in [6, 6.07) is 11.9. The van der Waals surface area contributed by atoms with Crippen molar-refractivity contribution in [1.82, 2.24) is 14.8 Å². The van der Waals surface area contributed by atoms with Gasteiger partial charge in [0.1, 0.15) is 19.2 Å². The van der Waals surface area contributed by atoms with Crippen molar-refractivity contribution < 1.29 is 13.9 Å². The summed E-state index contributed by atoms with van der Waals surface area (Å²) in [7, 11) is 0. The molecule has 0 aliphatic rings. The van der Waals surface area contributed by atoms with E-state index in [0.717, 1.165) is 0 Å². The van der Waals surface area contributed by atoms with E-state index in [1.807, 2.05) is 0 Å². The Balaban J connectivity index is 1.99. The average Bonchev–Trinajstić information content (AvgIpc) is 3.13. The minimum atomic E-state index is -0.661. The highest BCUT2D eigenvalue weighted by Gasteiger charge is 2.16. The average molecular weight is 444 g/mol. The van der Waals surface area contributed by atoms with Gasteiger partial charge in [0.25, 0.3) is 0 Å². The van der Waals surface area contributed by atoms with Gasteiger partial charge in [-0.3, -0.25) is 4.79 Å². The molecule has 2 aromatic carbocycles. The Morgan fingerprint density at radius 1 is 1.14 bits per heavy atom. The van der Waals surface area contributed by atoms with Gasteiger partial charge in [0.05, 0.1) is 15.7 Å². The molecule has 0 spiro atoms. The van der Waals surface area contributed by atoms with Crippen molar-refractivity contribution in [3.05, 3.63) is 52.5 Å². The van der Waals surface area contributed by atoms with E-state index in [0.29, 0.717) is 32.8 Å². The lowest BCUT2D eigenvalue weighted by molar-refractivity contribution is -0.113. The van der Waals surface area contributed by atoms with E-state index in [1.54, 1.807) is 42.5 Å². The number of nitrogens with zero attached hydrogens (tertiary/aromatic N) is 3. The second kappa shape index (κ2) is 9.23. The number of hydrogen-bond donors (Lipinski definition) is 1. The molecular formula is C18H14Cl3FN4O2. The van der Waals surface area contributed by atoms with Crippen LogP contribution in [0.3, 0.4) is 0 Å². The summed E-state index contributed by atoms with van der Waals surface area (Å²) >= 11 is 17.6. The SMILES string of the molecule is O=C(CCl)Nc1ccc(-n2nc(OCCF)nc2-c2ccc(Cl)c(Cl)c2)cc1. The Kier molecular flexibility index (Phi) is 6.72. The van der Waals surface area contributed by atoms with E-state index in [1.165, 1.54) is 4.68 Å². The predicted molar refractivity (Wildman–Crippen MR) is 108 cm³/mol. The predicted octanol–water partition coefficient (Wildman–Crippen LogP) is 4.77. The zero-order valence-electron chi connectivity index (χ0n) is 14.3. The molecule has 0 saturated heterocycles. The van der Waals surface area contributed by atoms with Crippen LogP contribution in [0.5, 0.6) is 6.01 Å². The van der Waals surface area contributed by atoms with E-state index >= 15 is 0 Å². The van der Waals surface area contributed by atoms with Gasteiger partial charge in [-0.05, 0) is 42.5 Å². The summed E-state index contributed by atoms with van der Waals surface area (Å²) in [4.78, 5) is 15.7. The Hall–Kier alpha value is -2.35. The van der Waals surface area contributed by atoms with Gasteiger partial charge in [-0.25, -0.2) is 9.07 Å². The zero-order chi connectivity index (χ0) is 20.1. The molecule has 146 valence electrons. The monoisotopic (exact) mass is 442 g/mol. The maximum Gasteiger partial charge on any atom is 0.336 e. The number of carbonyl (C=O) groups excluding carboxylic acids is 1. The lowest BCUT2D eigenvalue weighted by Gasteiger charge is -2.08. The van der Waals surface area contributed by atoms with Gasteiger partial charge in [-0.2, -0.15) is 4.98 Å². The summed E-state index contributed by atoms with van der Waals surface area (Å²) in [5, 5.41) is 7.70. The fourth-order valence-electron chi connectivity index (χ4n) is 2.37. The molecule has 0 bridgehead atoms. The quantitative estimate of drug-likeness (QED) is 0.534. The van der Waals surface area contributed by atoms with Gasteiger partial charge in [0, 0.05) is 11.3 Å². The third-order valence-electron chi connectivity index (χ3n) is 3.59. The maximum absolute atomic E-state index is 12.4. The number of alkyl halides is 2. The van der Waals surface area contributed by atoms with E-state index in [-0.39, 0.29) is 24.4 Å². The maximum atomic E-state index is 12.4. The van der Waals surface area contributed by atoms with E-state index in [2.05, 4.69) is 15.4 Å². The topological polar surface area (TPSA) is 69.0 Å². The van der Waals surface area contributed by atoms with E-state index < -0.39 is 6.67 Å². The number of rotatable bonds is 7. The minimum absolute atomic E-state index is 0.0261. The Bertz CT molecular complexity index is 979. The molecule has 3 rings (SSSR count). The molecule has 0 aliphatic carbocycles. The molecular weight excluding hydrogens is 430 g/mol. The molecule has 1 amide bonds. The van der Waals surface area contributed by atoms with Crippen molar-refractivity contribution >= 4 is 46.4 Å². The number of nitrogens with one attached hydrogen (secondary N) is 1. The van der Waals surface area contributed by atoms with E-state index in [4.69, 9.17) is 39.5 Å². The van der Waals surface area contributed by atoms with Gasteiger partial charge in [-0.1, -0.05) is 23.2 Å². The lowest BCUT2D eigenvalue weighted by atomic mass is 10.2. The Morgan fingerprint density at radius 2 is 1.89 bits per heavy atom. The molecule has 3 aromatic rings. The summed E-state index contributed by atoms with van der Waals surface area (Å²) in [6.07, 6.45) is 0. The number of ether oxygens (including phenoxy) is 1. The van der Waals surface area contributed by atoms with Crippen LogP contribution in [0.4, 0.5) is 10.1 Å². The van der Waals surface area contributed by atoms with Crippen molar-refractivity contribution in [3.63, 3.8) is 0 Å². The molecule has 28 heavy (non-hydrogen) atoms. The molecule has 1 heterocycles. The fraction of sp³-hybridized carbons (Fsp3) is 0.167. The highest BCUT2D eigenvalue weighted by atomic mass is 35.5. The standard InChI is InChI=1S/C18H14Cl3FN4O2/c19-10-16(27)23-12-2-4-13(5-3-12)26-17(24-18(25-26)28-8-7-22)11-1-6-14(20)15(21)9-11/h1-6,9H,7-8,10H2,(H,23,27). The minimum Gasteiger partial charge on any atom is -0.460 e. The van der Waals surface area contributed by atoms with Gasteiger partial charge in [0.2, 0.25) is 5.91 Å². The molecule has 0 fully saturated rings.